The van der Waals surface area contributed by atoms with Crippen LogP contribution >= 0.6 is 0 Å². The molecule has 2 nitrogen and oxygen atoms in total. The summed E-state index contributed by atoms with van der Waals surface area (Å²) in [5.41, 5.74) is 0. The van der Waals surface area contributed by atoms with Gasteiger partial charge in [0.15, 0.2) is 0 Å². The molecule has 0 N–H and O–H groups in total. The fraction of sp³-hybridized carbons (Fsp3) is 0.250. The van der Waals surface area contributed by atoms with Crippen molar-refractivity contribution in [3.63, 3.8) is 0 Å². The van der Waals surface area contributed by atoms with Crippen molar-refractivity contribution in [1.82, 2.24) is 0 Å². The predicted molar refractivity (Wildman–Crippen MR) is 22.2 cm³/mol. The summed E-state index contributed by atoms with van der Waals surface area (Å²) in [6.45, 7) is 4.01. The molecule has 0 aromatic rings. The standard InChI is InChI=1S/C4H6O2.Cu/c1-2-3-6-4-5;/h2,4H,1,3H2;. The molecule has 0 aliphatic heterocycles. The molecule has 0 bridgehead atoms. The Bertz CT molecular complexity index is 45.7. The van der Waals surface area contributed by atoms with Gasteiger partial charge in [-0.15, -0.1) is 0 Å². The molecule has 3 heteroatoms. The van der Waals surface area contributed by atoms with E-state index >= 15 is 0 Å². The zero-order valence-corrected chi connectivity index (χ0v) is 4.63. The third kappa shape index (κ3) is 10.7. The minimum Gasteiger partial charge on any atom is -0.464 e. The summed E-state index contributed by atoms with van der Waals surface area (Å²) in [6, 6.07) is 0. The van der Waals surface area contributed by atoms with Crippen molar-refractivity contribution in [1.29, 1.82) is 0 Å². The average Bonchev–Trinajstić information content (AvgIpc) is 1.61. The van der Waals surface area contributed by atoms with Crippen LogP contribution in [0.25, 0.3) is 0 Å². The molecule has 0 aromatic heterocycles. The van der Waals surface area contributed by atoms with Crippen LogP contribution in [0.4, 0.5) is 0 Å². The summed E-state index contributed by atoms with van der Waals surface area (Å²) in [5, 5.41) is 0. The van der Waals surface area contributed by atoms with Crippen LogP contribution in [0.2, 0.25) is 0 Å². The maximum absolute atomic E-state index is 9.29. The van der Waals surface area contributed by atoms with Gasteiger partial charge in [-0.3, -0.25) is 4.79 Å². The van der Waals surface area contributed by atoms with Gasteiger partial charge in [0, 0.05) is 17.1 Å². The molecule has 0 fully saturated rings. The van der Waals surface area contributed by atoms with E-state index in [2.05, 4.69) is 11.3 Å². The maximum Gasteiger partial charge on any atom is 0.293 e. The first kappa shape index (κ1) is 9.88. The van der Waals surface area contributed by atoms with Crippen molar-refractivity contribution in [3.05, 3.63) is 12.7 Å². The summed E-state index contributed by atoms with van der Waals surface area (Å²) in [6.07, 6.45) is 1.51. The average molecular weight is 150 g/mol. The van der Waals surface area contributed by atoms with Crippen molar-refractivity contribution in [2.24, 2.45) is 0 Å². The molecular weight excluding hydrogens is 144 g/mol. The van der Waals surface area contributed by atoms with Gasteiger partial charge in [0.05, 0.1) is 0 Å². The van der Waals surface area contributed by atoms with Gasteiger partial charge in [-0.2, -0.15) is 0 Å². The maximum atomic E-state index is 9.29. The van der Waals surface area contributed by atoms with Gasteiger partial charge in [-0.05, 0) is 0 Å². The first-order valence-corrected chi connectivity index (χ1v) is 1.58. The minimum atomic E-state index is 0. The van der Waals surface area contributed by atoms with Crippen molar-refractivity contribution >= 4 is 6.47 Å². The van der Waals surface area contributed by atoms with Gasteiger partial charge in [0.1, 0.15) is 6.61 Å². The second kappa shape index (κ2) is 9.21. The summed E-state index contributed by atoms with van der Waals surface area (Å²) in [7, 11) is 0. The molecule has 0 aliphatic carbocycles. The van der Waals surface area contributed by atoms with Crippen molar-refractivity contribution < 1.29 is 26.6 Å². The number of ether oxygens (including phenoxy) is 1. The monoisotopic (exact) mass is 149 g/mol. The SMILES string of the molecule is C=CCOC=O.[Cu]. The van der Waals surface area contributed by atoms with E-state index in [1.165, 1.54) is 6.08 Å². The topological polar surface area (TPSA) is 26.3 Å². The third-order valence-electron chi connectivity index (χ3n) is 0.282. The predicted octanol–water partition coefficient (Wildman–Crippen LogP) is 0.343. The van der Waals surface area contributed by atoms with Crippen LogP contribution in [0.5, 0.6) is 0 Å². The van der Waals surface area contributed by atoms with E-state index in [0.717, 1.165) is 0 Å². The zero-order valence-electron chi connectivity index (χ0n) is 3.69. The smallest absolute Gasteiger partial charge is 0.293 e. The van der Waals surface area contributed by atoms with E-state index in [-0.39, 0.29) is 17.1 Å². The molecule has 0 spiro atoms. The van der Waals surface area contributed by atoms with E-state index in [0.29, 0.717) is 13.1 Å². The quantitative estimate of drug-likeness (QED) is 0.251. The van der Waals surface area contributed by atoms with E-state index in [4.69, 9.17) is 0 Å². The van der Waals surface area contributed by atoms with Gasteiger partial charge >= 0.3 is 0 Å². The summed E-state index contributed by atoms with van der Waals surface area (Å²) in [4.78, 5) is 9.29. The second-order valence-electron chi connectivity index (χ2n) is 0.718. The molecule has 0 aliphatic rings. The Hall–Kier alpha value is -0.271. The van der Waals surface area contributed by atoms with Gasteiger partial charge in [-0.25, -0.2) is 0 Å². The molecule has 0 amide bonds. The summed E-state index contributed by atoms with van der Waals surface area (Å²) >= 11 is 0. The van der Waals surface area contributed by atoms with Gasteiger partial charge in [0.2, 0.25) is 0 Å². The van der Waals surface area contributed by atoms with Crippen molar-refractivity contribution in [3.8, 4) is 0 Å². The fourth-order valence-corrected chi connectivity index (χ4v) is 0.107. The molecule has 0 atom stereocenters. The molecule has 7 heavy (non-hydrogen) atoms. The molecule has 0 rings (SSSR count). The van der Waals surface area contributed by atoms with Crippen molar-refractivity contribution in [2.45, 2.75) is 0 Å². The summed E-state index contributed by atoms with van der Waals surface area (Å²) in [5.74, 6) is 0. The Kier molecular flexibility index (Phi) is 13.0. The number of hydrogen-bond acceptors (Lipinski definition) is 2. The molecule has 45 valence electrons. The second-order valence-corrected chi connectivity index (χ2v) is 0.718. The van der Waals surface area contributed by atoms with Crippen LogP contribution in [-0.2, 0) is 26.6 Å². The van der Waals surface area contributed by atoms with Crippen LogP contribution < -0.4 is 0 Å². The number of carbonyl (C=O) groups is 1. The van der Waals surface area contributed by atoms with Crippen LogP contribution in [-0.4, -0.2) is 13.1 Å². The summed E-state index contributed by atoms with van der Waals surface area (Å²) < 4.78 is 4.18. The largest absolute Gasteiger partial charge is 0.464 e. The minimum absolute atomic E-state index is 0. The molecule has 0 saturated heterocycles. The molecule has 0 aromatic carbocycles. The van der Waals surface area contributed by atoms with Gasteiger partial charge in [0.25, 0.3) is 6.47 Å². The van der Waals surface area contributed by atoms with Crippen LogP contribution in [0.15, 0.2) is 12.7 Å². The number of rotatable bonds is 3. The Balaban J connectivity index is 0. The Labute approximate surface area is 53.0 Å². The number of hydrogen-bond donors (Lipinski definition) is 0. The Morgan fingerprint density at radius 1 is 1.71 bits per heavy atom. The van der Waals surface area contributed by atoms with E-state index < -0.39 is 0 Å². The van der Waals surface area contributed by atoms with E-state index in [1.807, 2.05) is 0 Å². The zero-order chi connectivity index (χ0) is 4.83. The molecule has 1 radical (unpaired) electrons. The Morgan fingerprint density at radius 3 is 2.43 bits per heavy atom. The van der Waals surface area contributed by atoms with E-state index in [1.54, 1.807) is 0 Å². The first-order valence-electron chi connectivity index (χ1n) is 1.58. The molecule has 0 heterocycles. The molecule has 0 unspecified atom stereocenters. The van der Waals surface area contributed by atoms with Gasteiger partial charge in [-0.1, -0.05) is 12.7 Å². The van der Waals surface area contributed by atoms with E-state index in [9.17, 15) is 4.79 Å². The van der Waals surface area contributed by atoms with Gasteiger partial charge < -0.3 is 4.74 Å². The number of carbonyl (C=O) groups excluding carboxylic acids is 1. The van der Waals surface area contributed by atoms with Crippen LogP contribution in [0, 0.1) is 0 Å². The first-order chi connectivity index (χ1) is 2.91. The molecule has 0 saturated carbocycles. The normalized spacial score (nSPS) is 5.71. The molecular formula is C4H6CuO2. The third-order valence-corrected chi connectivity index (χ3v) is 0.282. The van der Waals surface area contributed by atoms with Crippen LogP contribution in [0.1, 0.15) is 0 Å². The fourth-order valence-electron chi connectivity index (χ4n) is 0.107. The Morgan fingerprint density at radius 2 is 2.29 bits per heavy atom. The van der Waals surface area contributed by atoms with Crippen LogP contribution in [0.3, 0.4) is 0 Å². The van der Waals surface area contributed by atoms with Crippen molar-refractivity contribution in [2.75, 3.05) is 6.61 Å².